The van der Waals surface area contributed by atoms with Gasteiger partial charge in [0.25, 0.3) is 0 Å². The second kappa shape index (κ2) is 12.1. The smallest absolute Gasteiger partial charge is 0.307 e. The lowest BCUT2D eigenvalue weighted by Crippen LogP contribution is -2.05. The van der Waals surface area contributed by atoms with Crippen LogP contribution in [-0.4, -0.2) is 39.6 Å². The Labute approximate surface area is 158 Å². The molecule has 0 aromatic heterocycles. The number of nitrogens with zero attached hydrogens (tertiary/aromatic N) is 3. The van der Waals surface area contributed by atoms with Gasteiger partial charge in [0.15, 0.2) is 0 Å². The Balaban J connectivity index is 3.67. The number of rotatable bonds is 14. The third-order valence-electron chi connectivity index (χ3n) is 2.79. The van der Waals surface area contributed by atoms with Crippen molar-refractivity contribution in [3.8, 4) is 0 Å². The first-order valence-corrected chi connectivity index (χ1v) is 13.9. The van der Waals surface area contributed by atoms with E-state index in [-0.39, 0.29) is 0 Å². The van der Waals surface area contributed by atoms with Crippen molar-refractivity contribution in [2.75, 3.05) is 39.6 Å². The molecule has 9 nitrogen and oxygen atoms in total. The van der Waals surface area contributed by atoms with E-state index in [0.717, 1.165) is 12.8 Å². The van der Waals surface area contributed by atoms with Crippen LogP contribution in [0.4, 0.5) is 0 Å². The summed E-state index contributed by atoms with van der Waals surface area (Å²) in [5.74, 6) is 0. The third kappa shape index (κ3) is 6.80. The average Bonchev–Trinajstić information content (AvgIpc) is 2.59. The van der Waals surface area contributed by atoms with E-state index in [9.17, 15) is 0 Å². The highest BCUT2D eigenvalue weighted by Gasteiger charge is 2.42. The highest BCUT2D eigenvalue weighted by atomic mass is 31.3. The van der Waals surface area contributed by atoms with Crippen LogP contribution in [0.15, 0.2) is 13.5 Å². The lowest BCUT2D eigenvalue weighted by Gasteiger charge is -2.32. The van der Waals surface area contributed by atoms with Crippen LogP contribution < -0.4 is 0 Å². The summed E-state index contributed by atoms with van der Waals surface area (Å²) in [4.78, 5) is 0. The molecule has 26 heavy (non-hydrogen) atoms. The van der Waals surface area contributed by atoms with Gasteiger partial charge in [0, 0.05) is 0 Å². The van der Waals surface area contributed by atoms with Crippen LogP contribution in [0.1, 0.15) is 54.4 Å². The van der Waals surface area contributed by atoms with Gasteiger partial charge < -0.3 is 27.1 Å². The molecule has 0 atom stereocenters. The zero-order valence-corrected chi connectivity index (χ0v) is 19.5. The molecule has 0 amide bonds. The van der Waals surface area contributed by atoms with Crippen LogP contribution in [0, 0.1) is 0 Å². The second-order valence-corrected chi connectivity index (χ2v) is 11.7. The van der Waals surface area contributed by atoms with Crippen molar-refractivity contribution in [1.29, 1.82) is 0 Å². The van der Waals surface area contributed by atoms with Crippen molar-refractivity contribution in [2.45, 2.75) is 54.4 Å². The molecule has 0 spiro atoms. The molecule has 0 fully saturated rings. The Kier molecular flexibility index (Phi) is 11.4. The first-order valence-electron chi connectivity index (χ1n) is 9.27. The van der Waals surface area contributed by atoms with E-state index in [4.69, 9.17) is 36.2 Å². The summed E-state index contributed by atoms with van der Waals surface area (Å²) in [6.45, 7) is 14.0. The molecule has 1 rings (SSSR count). The Hall–Kier alpha value is 0.450. The van der Waals surface area contributed by atoms with E-state index < -0.39 is 23.0 Å². The fraction of sp³-hybridized carbons (Fsp3) is 1.00. The molecule has 0 aliphatic carbocycles. The first kappa shape index (κ1) is 24.5. The maximum Gasteiger partial charge on any atom is 0.349 e. The third-order valence-corrected chi connectivity index (χ3v) is 11.6. The molecule has 1 aliphatic heterocycles. The summed E-state index contributed by atoms with van der Waals surface area (Å²) in [6, 6.07) is 0. The zero-order valence-electron chi connectivity index (χ0n) is 16.8. The van der Waals surface area contributed by atoms with Crippen molar-refractivity contribution in [2.24, 2.45) is 13.5 Å². The molecule has 0 unspecified atom stereocenters. The Bertz CT molecular complexity index is 537. The molecule has 156 valence electrons. The summed E-state index contributed by atoms with van der Waals surface area (Å²) < 4.78 is 49.9. The fourth-order valence-corrected chi connectivity index (χ4v) is 11.7. The topological polar surface area (TPSA) is 92.5 Å². The highest BCUT2D eigenvalue weighted by Crippen LogP contribution is 2.80. The minimum absolute atomic E-state index is 0.389. The molecule has 0 N–H and O–H groups in total. The fourth-order valence-electron chi connectivity index (χ4n) is 2.00. The molecule has 12 heteroatoms. The van der Waals surface area contributed by atoms with Crippen LogP contribution in [0.2, 0.25) is 0 Å². The molecule has 0 bridgehead atoms. The maximum atomic E-state index is 6.05. The molecule has 1 heterocycles. The molecule has 0 saturated carbocycles. The number of hydrogen-bond donors (Lipinski definition) is 0. The van der Waals surface area contributed by atoms with Crippen LogP contribution in [0.25, 0.3) is 0 Å². The monoisotopic (exact) mass is 433 g/mol. The standard InChI is InChI=1S/C14H34N3O6P3/c1-7-13-22-26(23-14-8-2)16-24(18-9-3,19-10-4)15-25(17-26,20-11-5)21-12-6/h7-14H2,1-6H3. The van der Waals surface area contributed by atoms with Crippen LogP contribution in [-0.2, 0) is 27.1 Å². The van der Waals surface area contributed by atoms with Gasteiger partial charge in [-0.2, -0.15) is 0 Å². The van der Waals surface area contributed by atoms with Crippen molar-refractivity contribution in [3.05, 3.63) is 0 Å². The summed E-state index contributed by atoms with van der Waals surface area (Å²) in [7, 11) is -9.07. The predicted octanol–water partition coefficient (Wildman–Crippen LogP) is 6.84. The van der Waals surface area contributed by atoms with Crippen LogP contribution in [0.5, 0.6) is 0 Å². The summed E-state index contributed by atoms with van der Waals surface area (Å²) in [5.41, 5.74) is 0. The number of hydrogen-bond acceptors (Lipinski definition) is 9. The highest BCUT2D eigenvalue weighted by molar-refractivity contribution is 7.78. The van der Waals surface area contributed by atoms with Gasteiger partial charge in [-0.15, -0.1) is 13.5 Å². The van der Waals surface area contributed by atoms with Gasteiger partial charge >= 0.3 is 23.0 Å². The van der Waals surface area contributed by atoms with E-state index in [2.05, 4.69) is 4.52 Å². The van der Waals surface area contributed by atoms with Crippen molar-refractivity contribution in [1.82, 2.24) is 0 Å². The maximum absolute atomic E-state index is 6.05. The largest absolute Gasteiger partial charge is 0.349 e. The second-order valence-electron chi connectivity index (χ2n) is 5.08. The molecule has 0 radical (unpaired) electrons. The Morgan fingerprint density at radius 1 is 0.462 bits per heavy atom. The van der Waals surface area contributed by atoms with Crippen LogP contribution >= 0.6 is 23.0 Å². The van der Waals surface area contributed by atoms with Crippen molar-refractivity contribution in [3.63, 3.8) is 0 Å². The molecule has 1 aliphatic rings. The van der Waals surface area contributed by atoms with Gasteiger partial charge in [-0.25, -0.2) is 0 Å². The Morgan fingerprint density at radius 2 is 0.731 bits per heavy atom. The van der Waals surface area contributed by atoms with Crippen LogP contribution in [0.3, 0.4) is 0 Å². The molecular formula is C14H34N3O6P3. The van der Waals surface area contributed by atoms with Gasteiger partial charge in [0.05, 0.1) is 39.6 Å². The van der Waals surface area contributed by atoms with E-state index in [1.54, 1.807) is 0 Å². The lowest BCUT2D eigenvalue weighted by atomic mass is 10.5. The Morgan fingerprint density at radius 3 is 0.962 bits per heavy atom. The molecule has 0 aromatic carbocycles. The predicted molar refractivity (Wildman–Crippen MR) is 107 cm³/mol. The molecular weight excluding hydrogens is 399 g/mol. The van der Waals surface area contributed by atoms with Gasteiger partial charge in [-0.1, -0.05) is 13.8 Å². The van der Waals surface area contributed by atoms with Gasteiger partial charge in [-0.3, -0.25) is 0 Å². The van der Waals surface area contributed by atoms with E-state index in [1.807, 2.05) is 41.5 Å². The van der Waals surface area contributed by atoms with E-state index in [0.29, 0.717) is 39.6 Å². The average molecular weight is 433 g/mol. The summed E-state index contributed by atoms with van der Waals surface area (Å²) >= 11 is 0. The molecule has 0 saturated heterocycles. The van der Waals surface area contributed by atoms with Gasteiger partial charge in [0.1, 0.15) is 0 Å². The minimum atomic E-state index is -3.03. The van der Waals surface area contributed by atoms with E-state index >= 15 is 0 Å². The normalized spacial score (nSPS) is 20.1. The summed E-state index contributed by atoms with van der Waals surface area (Å²) in [6.07, 6.45) is 1.62. The van der Waals surface area contributed by atoms with Crippen molar-refractivity contribution >= 4 is 23.0 Å². The van der Waals surface area contributed by atoms with Gasteiger partial charge in [-0.05, 0) is 40.5 Å². The SMILES string of the molecule is CCCOP1(OCCC)=NP(OCC)(OCC)=NP(OCC)(OCC)=N1. The van der Waals surface area contributed by atoms with Crippen molar-refractivity contribution < 1.29 is 27.1 Å². The quantitative estimate of drug-likeness (QED) is 0.279. The summed E-state index contributed by atoms with van der Waals surface area (Å²) in [5, 5.41) is 0. The molecule has 0 aromatic rings. The van der Waals surface area contributed by atoms with E-state index in [1.165, 1.54) is 0 Å². The lowest BCUT2D eigenvalue weighted by molar-refractivity contribution is 0.226. The zero-order chi connectivity index (χ0) is 19.5. The first-order chi connectivity index (χ1) is 12.5. The minimum Gasteiger partial charge on any atom is -0.307 e. The van der Waals surface area contributed by atoms with Gasteiger partial charge in [0.2, 0.25) is 0 Å².